The fraction of sp³-hybridized carbons (Fsp3) is 0.118. The van der Waals surface area contributed by atoms with E-state index in [1.165, 1.54) is 0 Å². The monoisotopic (exact) mass is 360 g/mol. The fourth-order valence-electron chi connectivity index (χ4n) is 2.25. The van der Waals surface area contributed by atoms with Crippen LogP contribution in [0.4, 0.5) is 0 Å². The summed E-state index contributed by atoms with van der Waals surface area (Å²) in [6.45, 7) is 0. The molecule has 0 saturated carbocycles. The molecule has 1 aliphatic heterocycles. The number of Topliss-reactive ketones (excluding diaryl/α,β-unsaturated/α-hetero) is 1. The van der Waals surface area contributed by atoms with Crippen molar-refractivity contribution in [2.24, 2.45) is 0 Å². The summed E-state index contributed by atoms with van der Waals surface area (Å²) < 4.78 is 17.0. The molecule has 2 aromatic carbocycles. The molecule has 5 heteroatoms. The topological polar surface area (TPSA) is 44.8 Å². The Morgan fingerprint density at radius 1 is 1.09 bits per heavy atom. The normalized spacial score (nSPS) is 14.7. The number of halogens is 1. The van der Waals surface area contributed by atoms with Gasteiger partial charge in [-0.05, 0) is 36.4 Å². The Morgan fingerprint density at radius 3 is 2.64 bits per heavy atom. The van der Waals surface area contributed by atoms with Gasteiger partial charge in [-0.25, -0.2) is 0 Å². The summed E-state index contributed by atoms with van der Waals surface area (Å²) in [7, 11) is 3.16. The molecule has 2 aromatic rings. The zero-order chi connectivity index (χ0) is 15.7. The molecule has 0 unspecified atom stereocenters. The van der Waals surface area contributed by atoms with Gasteiger partial charge < -0.3 is 14.2 Å². The van der Waals surface area contributed by atoms with Crippen molar-refractivity contribution in [3.05, 3.63) is 57.8 Å². The molecule has 0 fully saturated rings. The molecule has 0 radical (unpaired) electrons. The van der Waals surface area contributed by atoms with E-state index in [0.717, 1.165) is 10.0 Å². The van der Waals surface area contributed by atoms with Crippen LogP contribution in [-0.4, -0.2) is 20.0 Å². The average molecular weight is 361 g/mol. The van der Waals surface area contributed by atoms with Gasteiger partial charge in [0.2, 0.25) is 5.78 Å². The maximum atomic E-state index is 12.4. The van der Waals surface area contributed by atoms with E-state index in [2.05, 4.69) is 15.9 Å². The van der Waals surface area contributed by atoms with E-state index in [1.807, 2.05) is 18.2 Å². The van der Waals surface area contributed by atoms with Crippen molar-refractivity contribution in [3.8, 4) is 17.2 Å². The number of benzene rings is 2. The second-order valence-electron chi connectivity index (χ2n) is 4.69. The highest BCUT2D eigenvalue weighted by molar-refractivity contribution is 9.10. The predicted octanol–water partition coefficient (Wildman–Crippen LogP) is 4.08. The molecule has 0 aliphatic carbocycles. The molecule has 1 heterocycles. The third-order valence-electron chi connectivity index (χ3n) is 3.36. The van der Waals surface area contributed by atoms with E-state index < -0.39 is 0 Å². The summed E-state index contributed by atoms with van der Waals surface area (Å²) in [5, 5.41) is 0. The lowest BCUT2D eigenvalue weighted by Gasteiger charge is -2.06. The number of carbonyl (C=O) groups excluding carboxylic acids is 1. The second kappa shape index (κ2) is 5.85. The lowest BCUT2D eigenvalue weighted by Crippen LogP contribution is -1.98. The van der Waals surface area contributed by atoms with Gasteiger partial charge in [0.15, 0.2) is 5.76 Å². The van der Waals surface area contributed by atoms with Gasteiger partial charge >= 0.3 is 0 Å². The Kier molecular flexibility index (Phi) is 3.90. The average Bonchev–Trinajstić information content (AvgIpc) is 2.83. The molecule has 3 rings (SSSR count). The van der Waals surface area contributed by atoms with Gasteiger partial charge in [0.25, 0.3) is 0 Å². The first kappa shape index (κ1) is 14.7. The summed E-state index contributed by atoms with van der Waals surface area (Å²) in [6, 6.07) is 10.7. The molecular weight excluding hydrogens is 348 g/mol. The van der Waals surface area contributed by atoms with Crippen molar-refractivity contribution in [1.29, 1.82) is 0 Å². The molecule has 0 bridgehead atoms. The molecule has 0 atom stereocenters. The van der Waals surface area contributed by atoms with Crippen molar-refractivity contribution < 1.29 is 19.0 Å². The minimum absolute atomic E-state index is 0.153. The number of ether oxygens (including phenoxy) is 3. The third-order valence-corrected chi connectivity index (χ3v) is 3.85. The Morgan fingerprint density at radius 2 is 1.91 bits per heavy atom. The first-order valence-corrected chi connectivity index (χ1v) is 7.37. The van der Waals surface area contributed by atoms with E-state index >= 15 is 0 Å². The predicted molar refractivity (Wildman–Crippen MR) is 86.6 cm³/mol. The molecule has 0 N–H and O–H groups in total. The minimum Gasteiger partial charge on any atom is -0.497 e. The van der Waals surface area contributed by atoms with Crippen LogP contribution < -0.4 is 14.2 Å². The minimum atomic E-state index is -0.153. The van der Waals surface area contributed by atoms with Crippen molar-refractivity contribution in [2.75, 3.05) is 14.2 Å². The van der Waals surface area contributed by atoms with Gasteiger partial charge in [-0.15, -0.1) is 0 Å². The number of ketones is 1. The maximum Gasteiger partial charge on any atom is 0.231 e. The molecule has 22 heavy (non-hydrogen) atoms. The summed E-state index contributed by atoms with van der Waals surface area (Å²) in [6.07, 6.45) is 1.68. The van der Waals surface area contributed by atoms with Gasteiger partial charge in [0.1, 0.15) is 17.2 Å². The zero-order valence-corrected chi connectivity index (χ0v) is 13.6. The molecular formula is C17H13BrO4. The molecule has 0 aromatic heterocycles. The van der Waals surface area contributed by atoms with Crippen LogP contribution in [0, 0.1) is 0 Å². The summed E-state index contributed by atoms with van der Waals surface area (Å²) >= 11 is 3.41. The van der Waals surface area contributed by atoms with Crippen LogP contribution in [0.5, 0.6) is 17.2 Å². The Labute approximate surface area is 136 Å². The van der Waals surface area contributed by atoms with Crippen molar-refractivity contribution >= 4 is 27.8 Å². The highest BCUT2D eigenvalue weighted by Gasteiger charge is 2.28. The smallest absolute Gasteiger partial charge is 0.231 e. The number of carbonyl (C=O) groups is 1. The van der Waals surface area contributed by atoms with Crippen molar-refractivity contribution in [2.45, 2.75) is 0 Å². The zero-order valence-electron chi connectivity index (χ0n) is 12.1. The Balaban J connectivity index is 2.01. The number of hydrogen-bond donors (Lipinski definition) is 0. The largest absolute Gasteiger partial charge is 0.497 e. The first-order chi connectivity index (χ1) is 10.6. The Hall–Kier alpha value is -2.27. The van der Waals surface area contributed by atoms with Gasteiger partial charge in [0.05, 0.1) is 19.8 Å². The number of fused-ring (bicyclic) bond motifs is 1. The summed E-state index contributed by atoms with van der Waals surface area (Å²) in [4.78, 5) is 12.4. The molecule has 0 saturated heterocycles. The molecule has 0 amide bonds. The maximum absolute atomic E-state index is 12.4. The van der Waals surface area contributed by atoms with E-state index in [0.29, 0.717) is 22.8 Å². The number of methoxy groups -OCH3 is 2. The SMILES string of the molecule is COc1ccc2c(c1)O/C(=C/c1cc(Br)ccc1OC)C2=O. The van der Waals surface area contributed by atoms with Gasteiger partial charge in [-0.2, -0.15) is 0 Å². The van der Waals surface area contributed by atoms with Crippen LogP contribution in [0.15, 0.2) is 46.6 Å². The van der Waals surface area contributed by atoms with E-state index in [-0.39, 0.29) is 11.5 Å². The van der Waals surface area contributed by atoms with E-state index in [9.17, 15) is 4.79 Å². The molecule has 4 nitrogen and oxygen atoms in total. The number of rotatable bonds is 3. The lowest BCUT2D eigenvalue weighted by molar-refractivity contribution is 0.101. The van der Waals surface area contributed by atoms with Crippen LogP contribution >= 0.6 is 15.9 Å². The van der Waals surface area contributed by atoms with Crippen LogP contribution in [0.3, 0.4) is 0 Å². The van der Waals surface area contributed by atoms with E-state index in [4.69, 9.17) is 14.2 Å². The Bertz CT molecular complexity index is 780. The van der Waals surface area contributed by atoms with Crippen LogP contribution in [0.25, 0.3) is 6.08 Å². The van der Waals surface area contributed by atoms with Gasteiger partial charge in [0, 0.05) is 16.1 Å². The third kappa shape index (κ3) is 2.60. The standard InChI is InChI=1S/C17H13BrO4/c1-20-12-4-5-13-15(9-12)22-16(17(13)19)8-10-7-11(18)3-6-14(10)21-2/h3-9H,1-2H3/b16-8+. The van der Waals surface area contributed by atoms with Crippen LogP contribution in [0.1, 0.15) is 15.9 Å². The first-order valence-electron chi connectivity index (χ1n) is 6.58. The number of hydrogen-bond acceptors (Lipinski definition) is 4. The molecule has 1 aliphatic rings. The van der Waals surface area contributed by atoms with Crippen LogP contribution in [0.2, 0.25) is 0 Å². The van der Waals surface area contributed by atoms with Gasteiger partial charge in [-0.3, -0.25) is 4.79 Å². The van der Waals surface area contributed by atoms with E-state index in [1.54, 1.807) is 38.5 Å². The summed E-state index contributed by atoms with van der Waals surface area (Å²) in [5.41, 5.74) is 1.29. The van der Waals surface area contributed by atoms with Crippen molar-refractivity contribution in [1.82, 2.24) is 0 Å². The highest BCUT2D eigenvalue weighted by Crippen LogP contribution is 2.36. The summed E-state index contributed by atoms with van der Waals surface area (Å²) in [5.74, 6) is 1.93. The lowest BCUT2D eigenvalue weighted by atomic mass is 10.1. The van der Waals surface area contributed by atoms with Crippen molar-refractivity contribution in [3.63, 3.8) is 0 Å². The second-order valence-corrected chi connectivity index (χ2v) is 5.60. The van der Waals surface area contributed by atoms with Crippen LogP contribution in [-0.2, 0) is 0 Å². The number of allylic oxidation sites excluding steroid dienone is 1. The van der Waals surface area contributed by atoms with Gasteiger partial charge in [-0.1, -0.05) is 15.9 Å². The fourth-order valence-corrected chi connectivity index (χ4v) is 2.63. The quantitative estimate of drug-likeness (QED) is 0.773. The molecule has 112 valence electrons. The molecule has 0 spiro atoms. The highest BCUT2D eigenvalue weighted by atomic mass is 79.9.